The van der Waals surface area contributed by atoms with Gasteiger partial charge in [-0.25, -0.2) is 0 Å². The van der Waals surface area contributed by atoms with Gasteiger partial charge in [-0.05, 0) is 32.9 Å². The summed E-state index contributed by atoms with van der Waals surface area (Å²) in [7, 11) is 1.58. The Hall–Kier alpha value is -1.59. The number of methoxy groups -OCH3 is 1. The first-order valence-electron chi connectivity index (χ1n) is 7.06. The van der Waals surface area contributed by atoms with Gasteiger partial charge in [-0.3, -0.25) is 4.79 Å². The highest BCUT2D eigenvalue weighted by molar-refractivity contribution is 5.80. The van der Waals surface area contributed by atoms with Crippen molar-refractivity contribution in [3.8, 4) is 5.75 Å². The van der Waals surface area contributed by atoms with Crippen molar-refractivity contribution in [2.75, 3.05) is 20.3 Å². The van der Waals surface area contributed by atoms with E-state index in [9.17, 15) is 9.90 Å². The molecule has 0 aliphatic carbocycles. The van der Waals surface area contributed by atoms with Crippen molar-refractivity contribution >= 4 is 5.91 Å². The number of hydrogen-bond acceptors (Lipinski definition) is 4. The maximum Gasteiger partial charge on any atom is 0.260 e. The van der Waals surface area contributed by atoms with Crippen LogP contribution in [-0.2, 0) is 9.53 Å². The van der Waals surface area contributed by atoms with Gasteiger partial charge in [0.15, 0.2) is 6.10 Å². The Kier molecular flexibility index (Phi) is 6.65. The first-order valence-corrected chi connectivity index (χ1v) is 7.06. The molecular weight excluding hydrogens is 270 g/mol. The largest absolute Gasteiger partial charge is 0.481 e. The lowest BCUT2D eigenvalue weighted by Crippen LogP contribution is -2.45. The highest BCUT2D eigenvalue weighted by Gasteiger charge is 2.23. The van der Waals surface area contributed by atoms with Crippen LogP contribution in [0.1, 0.15) is 25.8 Å². The molecule has 118 valence electrons. The van der Waals surface area contributed by atoms with E-state index >= 15 is 0 Å². The lowest BCUT2D eigenvalue weighted by atomic mass is 10.0. The van der Waals surface area contributed by atoms with Crippen molar-refractivity contribution in [2.45, 2.75) is 38.9 Å². The van der Waals surface area contributed by atoms with E-state index in [-0.39, 0.29) is 12.5 Å². The Balaban J connectivity index is 2.42. The molecule has 0 aromatic heterocycles. The van der Waals surface area contributed by atoms with Crippen molar-refractivity contribution < 1.29 is 19.4 Å². The normalized spacial score (nSPS) is 15.1. The molecule has 1 amide bonds. The van der Waals surface area contributed by atoms with Gasteiger partial charge < -0.3 is 19.9 Å². The molecule has 0 bridgehead atoms. The van der Waals surface area contributed by atoms with E-state index in [4.69, 9.17) is 9.47 Å². The Bertz CT molecular complexity index is 442. The topological polar surface area (TPSA) is 67.8 Å². The number of aryl methyl sites for hydroxylation is 1. The van der Waals surface area contributed by atoms with Crippen LogP contribution in [0.3, 0.4) is 0 Å². The van der Waals surface area contributed by atoms with Gasteiger partial charge in [-0.2, -0.15) is 0 Å². The molecule has 2 unspecified atom stereocenters. The van der Waals surface area contributed by atoms with Crippen molar-refractivity contribution in [1.82, 2.24) is 5.32 Å². The van der Waals surface area contributed by atoms with E-state index in [0.717, 1.165) is 5.56 Å². The fraction of sp³-hybridized carbons (Fsp3) is 0.562. The second-order valence-electron chi connectivity index (χ2n) is 5.53. The molecule has 0 fully saturated rings. The molecule has 1 aromatic carbocycles. The van der Waals surface area contributed by atoms with Crippen LogP contribution in [0.15, 0.2) is 24.3 Å². The molecule has 0 spiro atoms. The van der Waals surface area contributed by atoms with Gasteiger partial charge >= 0.3 is 0 Å². The molecule has 21 heavy (non-hydrogen) atoms. The highest BCUT2D eigenvalue weighted by Crippen LogP contribution is 2.13. The Morgan fingerprint density at radius 2 is 2.00 bits per heavy atom. The molecule has 2 N–H and O–H groups in total. The SMILES string of the molecule is COCCC(C)(O)CNC(=O)C(C)Oc1ccc(C)cc1. The molecule has 0 saturated carbocycles. The van der Waals surface area contributed by atoms with E-state index in [1.807, 2.05) is 31.2 Å². The second kappa shape index (κ2) is 8.00. The molecule has 5 nitrogen and oxygen atoms in total. The van der Waals surface area contributed by atoms with Gasteiger partial charge in [-0.15, -0.1) is 0 Å². The molecular formula is C16H25NO4. The average molecular weight is 295 g/mol. The molecule has 1 rings (SSSR count). The number of hydrogen-bond donors (Lipinski definition) is 2. The minimum absolute atomic E-state index is 0.163. The molecule has 0 aliphatic heterocycles. The van der Waals surface area contributed by atoms with E-state index in [1.54, 1.807) is 21.0 Å². The summed E-state index contributed by atoms with van der Waals surface area (Å²) in [6, 6.07) is 7.51. The first-order chi connectivity index (χ1) is 9.84. The molecule has 0 aliphatic rings. The number of benzene rings is 1. The zero-order valence-electron chi connectivity index (χ0n) is 13.2. The number of aliphatic hydroxyl groups is 1. The molecule has 1 aromatic rings. The molecule has 0 heterocycles. The summed E-state index contributed by atoms with van der Waals surface area (Å²) in [4.78, 5) is 12.0. The summed E-state index contributed by atoms with van der Waals surface area (Å²) in [6.45, 7) is 5.94. The standard InChI is InChI=1S/C16H25NO4/c1-12-5-7-14(8-6-12)21-13(2)15(18)17-11-16(3,19)9-10-20-4/h5-8,13,19H,9-11H2,1-4H3,(H,17,18). The maximum atomic E-state index is 12.0. The number of amides is 1. The van der Waals surface area contributed by atoms with Gasteiger partial charge in [-0.1, -0.05) is 17.7 Å². The molecule has 0 saturated heterocycles. The van der Waals surface area contributed by atoms with Crippen LogP contribution < -0.4 is 10.1 Å². The predicted molar refractivity (Wildman–Crippen MR) is 81.4 cm³/mol. The Morgan fingerprint density at radius 1 is 1.38 bits per heavy atom. The quantitative estimate of drug-likeness (QED) is 0.765. The van der Waals surface area contributed by atoms with Crippen molar-refractivity contribution in [1.29, 1.82) is 0 Å². The molecule has 2 atom stereocenters. The van der Waals surface area contributed by atoms with E-state index in [0.29, 0.717) is 18.8 Å². The lowest BCUT2D eigenvalue weighted by Gasteiger charge is -2.24. The minimum atomic E-state index is -0.991. The fourth-order valence-electron chi connectivity index (χ4n) is 1.71. The number of carbonyl (C=O) groups is 1. The average Bonchev–Trinajstić information content (AvgIpc) is 2.45. The molecule has 5 heteroatoms. The summed E-state index contributed by atoms with van der Waals surface area (Å²) >= 11 is 0. The second-order valence-corrected chi connectivity index (χ2v) is 5.53. The lowest BCUT2D eigenvalue weighted by molar-refractivity contribution is -0.128. The van der Waals surface area contributed by atoms with Crippen LogP contribution in [-0.4, -0.2) is 43.0 Å². The summed E-state index contributed by atoms with van der Waals surface area (Å²) < 4.78 is 10.5. The summed E-state index contributed by atoms with van der Waals surface area (Å²) in [5, 5.41) is 12.8. The summed E-state index contributed by atoms with van der Waals surface area (Å²) in [6.07, 6.45) is -0.164. The zero-order chi connectivity index (χ0) is 15.9. The Labute approximate surface area is 126 Å². The van der Waals surface area contributed by atoms with Crippen molar-refractivity contribution in [3.63, 3.8) is 0 Å². The van der Waals surface area contributed by atoms with E-state index in [1.165, 1.54) is 0 Å². The third-order valence-electron chi connectivity index (χ3n) is 3.19. The number of rotatable bonds is 8. The fourth-order valence-corrected chi connectivity index (χ4v) is 1.71. The van der Waals surface area contributed by atoms with Crippen molar-refractivity contribution in [2.24, 2.45) is 0 Å². The van der Waals surface area contributed by atoms with Gasteiger partial charge in [0.2, 0.25) is 0 Å². The van der Waals surface area contributed by atoms with Crippen molar-refractivity contribution in [3.05, 3.63) is 29.8 Å². The van der Waals surface area contributed by atoms with Crippen LogP contribution in [0.25, 0.3) is 0 Å². The summed E-state index contributed by atoms with van der Waals surface area (Å²) in [5.74, 6) is 0.391. The van der Waals surface area contributed by atoms with Gasteiger partial charge in [0.1, 0.15) is 5.75 Å². The van der Waals surface area contributed by atoms with Gasteiger partial charge in [0.05, 0.1) is 5.60 Å². The number of carbonyl (C=O) groups excluding carboxylic acids is 1. The summed E-state index contributed by atoms with van der Waals surface area (Å²) in [5.41, 5.74) is 0.142. The van der Waals surface area contributed by atoms with Crippen LogP contribution in [0, 0.1) is 6.92 Å². The first kappa shape index (κ1) is 17.5. The van der Waals surface area contributed by atoms with E-state index < -0.39 is 11.7 Å². The maximum absolute atomic E-state index is 12.0. The number of ether oxygens (including phenoxy) is 2. The zero-order valence-corrected chi connectivity index (χ0v) is 13.2. The predicted octanol–water partition coefficient (Wildman–Crippen LogP) is 1.67. The van der Waals surface area contributed by atoms with Crippen LogP contribution in [0.2, 0.25) is 0 Å². The highest BCUT2D eigenvalue weighted by atomic mass is 16.5. The Morgan fingerprint density at radius 3 is 2.57 bits per heavy atom. The van der Waals surface area contributed by atoms with Crippen LogP contribution in [0.4, 0.5) is 0 Å². The smallest absolute Gasteiger partial charge is 0.260 e. The van der Waals surface area contributed by atoms with Crippen LogP contribution in [0.5, 0.6) is 5.75 Å². The van der Waals surface area contributed by atoms with Gasteiger partial charge in [0.25, 0.3) is 5.91 Å². The van der Waals surface area contributed by atoms with Gasteiger partial charge in [0, 0.05) is 26.7 Å². The van der Waals surface area contributed by atoms with Crippen LogP contribution >= 0.6 is 0 Å². The third kappa shape index (κ3) is 6.60. The number of nitrogens with one attached hydrogen (secondary N) is 1. The third-order valence-corrected chi connectivity index (χ3v) is 3.19. The molecule has 0 radical (unpaired) electrons. The minimum Gasteiger partial charge on any atom is -0.481 e. The van der Waals surface area contributed by atoms with E-state index in [2.05, 4.69) is 5.32 Å². The monoisotopic (exact) mass is 295 g/mol.